The maximum atomic E-state index is 14.0. The van der Waals surface area contributed by atoms with Crippen LogP contribution in [0.25, 0.3) is 0 Å². The van der Waals surface area contributed by atoms with Gasteiger partial charge < -0.3 is 15.0 Å². The molecule has 0 aliphatic heterocycles. The highest BCUT2D eigenvalue weighted by Crippen LogP contribution is 2.24. The first-order valence-electron chi connectivity index (χ1n) is 14.3. The van der Waals surface area contributed by atoms with E-state index in [1.807, 2.05) is 75.4 Å². The Balaban J connectivity index is 1.90. The molecule has 3 rings (SSSR count). The number of carbonyl (C=O) groups excluding carboxylic acids is 2. The molecule has 0 saturated carbocycles. The van der Waals surface area contributed by atoms with E-state index in [1.165, 1.54) is 11.4 Å². The molecule has 1 N–H and O–H groups in total. The molecular formula is C33H43N3O5S. The summed E-state index contributed by atoms with van der Waals surface area (Å²) in [5.41, 5.74) is 3.40. The van der Waals surface area contributed by atoms with Gasteiger partial charge in [0, 0.05) is 38.0 Å². The van der Waals surface area contributed by atoms with Crippen molar-refractivity contribution in [3.63, 3.8) is 0 Å². The van der Waals surface area contributed by atoms with E-state index in [2.05, 4.69) is 5.32 Å². The van der Waals surface area contributed by atoms with Crippen molar-refractivity contribution in [1.82, 2.24) is 10.2 Å². The van der Waals surface area contributed by atoms with Crippen LogP contribution in [0.15, 0.2) is 78.9 Å². The molecule has 0 unspecified atom stereocenters. The molecule has 0 bridgehead atoms. The van der Waals surface area contributed by atoms with Gasteiger partial charge in [-0.3, -0.25) is 13.9 Å². The highest BCUT2D eigenvalue weighted by molar-refractivity contribution is 7.92. The smallest absolute Gasteiger partial charge is 0.243 e. The fraction of sp³-hybridized carbons (Fsp3) is 0.394. The number of rotatable bonds is 15. The Morgan fingerprint density at radius 3 is 2.31 bits per heavy atom. The molecule has 0 heterocycles. The number of sulfonamides is 1. The quantitative estimate of drug-likeness (QED) is 0.264. The molecule has 0 radical (unpaired) electrons. The lowest BCUT2D eigenvalue weighted by Gasteiger charge is -2.33. The first kappa shape index (κ1) is 32.7. The van der Waals surface area contributed by atoms with E-state index in [-0.39, 0.29) is 43.8 Å². The van der Waals surface area contributed by atoms with Gasteiger partial charge >= 0.3 is 0 Å². The lowest BCUT2D eigenvalue weighted by Crippen LogP contribution is -2.52. The van der Waals surface area contributed by atoms with Crippen LogP contribution < -0.4 is 14.4 Å². The number of hydrogen-bond donors (Lipinski definition) is 1. The third-order valence-electron chi connectivity index (χ3n) is 7.37. The lowest BCUT2D eigenvalue weighted by molar-refractivity contribution is -0.141. The minimum absolute atomic E-state index is 0.0441. The summed E-state index contributed by atoms with van der Waals surface area (Å²) in [5, 5.41) is 3.08. The summed E-state index contributed by atoms with van der Waals surface area (Å²) in [6.07, 6.45) is 2.62. The van der Waals surface area contributed by atoms with Gasteiger partial charge in [-0.25, -0.2) is 8.42 Å². The van der Waals surface area contributed by atoms with Crippen molar-refractivity contribution in [3.8, 4) is 5.75 Å². The SMILES string of the molecule is CC[C@@H](C)NC(=O)[C@H](Cc1ccccc1)N(Cc1ccccc1C)C(=O)CCCN(c1cccc(OC)c1)S(C)(=O)=O. The number of nitrogens with zero attached hydrogens (tertiary/aromatic N) is 2. The molecule has 0 aliphatic rings. The molecule has 8 nitrogen and oxygen atoms in total. The highest BCUT2D eigenvalue weighted by atomic mass is 32.2. The Labute approximate surface area is 250 Å². The average molecular weight is 594 g/mol. The molecular weight excluding hydrogens is 550 g/mol. The van der Waals surface area contributed by atoms with Gasteiger partial charge in [0.25, 0.3) is 0 Å². The first-order chi connectivity index (χ1) is 20.0. The maximum Gasteiger partial charge on any atom is 0.243 e. The second kappa shape index (κ2) is 15.4. The van der Waals surface area contributed by atoms with Crippen LogP contribution in [-0.2, 0) is 32.6 Å². The summed E-state index contributed by atoms with van der Waals surface area (Å²) in [7, 11) is -2.09. The molecule has 9 heteroatoms. The number of ether oxygens (including phenoxy) is 1. The van der Waals surface area contributed by atoms with E-state index in [0.717, 1.165) is 29.4 Å². The topological polar surface area (TPSA) is 96.0 Å². The number of aryl methyl sites for hydroxylation is 1. The normalized spacial score (nSPS) is 12.7. The van der Waals surface area contributed by atoms with Crippen LogP contribution in [0.4, 0.5) is 5.69 Å². The van der Waals surface area contributed by atoms with Gasteiger partial charge in [-0.05, 0) is 55.5 Å². The van der Waals surface area contributed by atoms with Crippen LogP contribution in [-0.4, -0.2) is 57.1 Å². The third-order valence-corrected chi connectivity index (χ3v) is 8.56. The van der Waals surface area contributed by atoms with Crippen molar-refractivity contribution in [2.45, 2.75) is 65.1 Å². The molecule has 3 aromatic carbocycles. The molecule has 0 saturated heterocycles. The van der Waals surface area contributed by atoms with Crippen molar-refractivity contribution in [2.24, 2.45) is 0 Å². The fourth-order valence-electron chi connectivity index (χ4n) is 4.74. The third kappa shape index (κ3) is 9.34. The first-order valence-corrected chi connectivity index (χ1v) is 16.2. The minimum atomic E-state index is -3.61. The van der Waals surface area contributed by atoms with E-state index in [4.69, 9.17) is 4.74 Å². The number of amides is 2. The van der Waals surface area contributed by atoms with Crippen molar-refractivity contribution in [2.75, 3.05) is 24.2 Å². The van der Waals surface area contributed by atoms with Crippen LogP contribution in [0.3, 0.4) is 0 Å². The van der Waals surface area contributed by atoms with Gasteiger partial charge in [-0.1, -0.05) is 67.6 Å². The molecule has 2 atom stereocenters. The van der Waals surface area contributed by atoms with Gasteiger partial charge in [-0.2, -0.15) is 0 Å². The Bertz CT molecular complexity index is 1430. The van der Waals surface area contributed by atoms with E-state index in [9.17, 15) is 18.0 Å². The number of anilines is 1. The number of benzene rings is 3. The molecule has 0 aliphatic carbocycles. The highest BCUT2D eigenvalue weighted by Gasteiger charge is 2.31. The summed E-state index contributed by atoms with van der Waals surface area (Å²) in [4.78, 5) is 29.3. The molecule has 0 spiro atoms. The standard InChI is InChI=1S/C33H43N3O5S/c1-6-26(3)34-33(38)31(22-27-15-8-7-9-16-27)35(24-28-17-11-10-14-25(28)2)32(37)20-13-21-36(42(5,39)40)29-18-12-19-30(23-29)41-4/h7-12,14-19,23,26,31H,6,13,20-22,24H2,1-5H3,(H,34,38)/t26-,31+/m1/s1. The van der Waals surface area contributed by atoms with E-state index in [0.29, 0.717) is 17.9 Å². The maximum absolute atomic E-state index is 14.0. The molecule has 2 amide bonds. The second-order valence-electron chi connectivity index (χ2n) is 10.6. The van der Waals surface area contributed by atoms with Crippen LogP contribution in [0, 0.1) is 6.92 Å². The monoisotopic (exact) mass is 593 g/mol. The van der Waals surface area contributed by atoms with E-state index < -0.39 is 16.1 Å². The number of nitrogens with one attached hydrogen (secondary N) is 1. The summed E-state index contributed by atoms with van der Waals surface area (Å²) in [6, 6.07) is 23.5. The Kier molecular flexibility index (Phi) is 12.0. The van der Waals surface area contributed by atoms with Gasteiger partial charge in [0.1, 0.15) is 11.8 Å². The van der Waals surface area contributed by atoms with Crippen LogP contribution >= 0.6 is 0 Å². The van der Waals surface area contributed by atoms with Crippen LogP contribution in [0.5, 0.6) is 5.75 Å². The predicted molar refractivity (Wildman–Crippen MR) is 168 cm³/mol. The zero-order valence-electron chi connectivity index (χ0n) is 25.2. The van der Waals surface area contributed by atoms with E-state index >= 15 is 0 Å². The number of methoxy groups -OCH3 is 1. The number of hydrogen-bond acceptors (Lipinski definition) is 5. The number of carbonyl (C=O) groups is 2. The largest absolute Gasteiger partial charge is 0.497 e. The molecule has 0 aromatic heterocycles. The fourth-order valence-corrected chi connectivity index (χ4v) is 5.69. The van der Waals surface area contributed by atoms with Gasteiger partial charge in [0.15, 0.2) is 0 Å². The van der Waals surface area contributed by atoms with E-state index in [1.54, 1.807) is 29.2 Å². The summed E-state index contributed by atoms with van der Waals surface area (Å²) in [6.45, 7) is 6.31. The Morgan fingerprint density at radius 2 is 1.67 bits per heavy atom. The predicted octanol–water partition coefficient (Wildman–Crippen LogP) is 5.10. The van der Waals surface area contributed by atoms with Crippen molar-refractivity contribution >= 4 is 27.5 Å². The van der Waals surface area contributed by atoms with Gasteiger partial charge in [-0.15, -0.1) is 0 Å². The lowest BCUT2D eigenvalue weighted by atomic mass is 10.0. The molecule has 0 fully saturated rings. The van der Waals surface area contributed by atoms with Gasteiger partial charge in [0.2, 0.25) is 21.8 Å². The molecule has 3 aromatic rings. The molecule has 42 heavy (non-hydrogen) atoms. The molecule has 226 valence electrons. The van der Waals surface area contributed by atoms with Gasteiger partial charge in [0.05, 0.1) is 19.1 Å². The van der Waals surface area contributed by atoms with Crippen molar-refractivity contribution in [1.29, 1.82) is 0 Å². The zero-order valence-corrected chi connectivity index (χ0v) is 26.1. The van der Waals surface area contributed by atoms with Crippen LogP contribution in [0.2, 0.25) is 0 Å². The van der Waals surface area contributed by atoms with Crippen molar-refractivity contribution < 1.29 is 22.7 Å². The van der Waals surface area contributed by atoms with Crippen LogP contribution in [0.1, 0.15) is 49.8 Å². The Hall–Kier alpha value is -3.85. The average Bonchev–Trinajstić information content (AvgIpc) is 2.97. The minimum Gasteiger partial charge on any atom is -0.497 e. The summed E-state index contributed by atoms with van der Waals surface area (Å²) in [5.74, 6) is 0.125. The second-order valence-corrected chi connectivity index (χ2v) is 12.5. The Morgan fingerprint density at radius 1 is 0.976 bits per heavy atom. The zero-order chi connectivity index (χ0) is 30.7. The summed E-state index contributed by atoms with van der Waals surface area (Å²) >= 11 is 0. The van der Waals surface area contributed by atoms with Crippen molar-refractivity contribution in [3.05, 3.63) is 95.6 Å². The summed E-state index contributed by atoms with van der Waals surface area (Å²) < 4.78 is 31.9.